The van der Waals surface area contributed by atoms with E-state index in [2.05, 4.69) is 4.98 Å². The van der Waals surface area contributed by atoms with Gasteiger partial charge in [0.15, 0.2) is 0 Å². The fourth-order valence-corrected chi connectivity index (χ4v) is 2.47. The first-order valence-electron chi connectivity index (χ1n) is 7.17. The first kappa shape index (κ1) is 17.3. The van der Waals surface area contributed by atoms with Gasteiger partial charge in [-0.3, -0.25) is 4.79 Å². The van der Waals surface area contributed by atoms with Crippen molar-refractivity contribution in [2.24, 2.45) is 0 Å². The predicted octanol–water partition coefficient (Wildman–Crippen LogP) is 2.32. The van der Waals surface area contributed by atoms with Gasteiger partial charge in [0.2, 0.25) is 0 Å². The van der Waals surface area contributed by atoms with Gasteiger partial charge in [0.05, 0.1) is 0 Å². The van der Waals surface area contributed by atoms with Crippen LogP contribution in [0.5, 0.6) is 0 Å². The minimum absolute atomic E-state index is 0.128. The second-order valence-electron chi connectivity index (χ2n) is 6.43. The summed E-state index contributed by atoms with van der Waals surface area (Å²) in [6.45, 7) is 6.04. The molecule has 0 aliphatic carbocycles. The SMILES string of the molecule is CC(C)(C)c1ccc(-c2c(C(=O)O)c(N)[nH]c(=O)c2C(=O)O)cc1. The van der Waals surface area contributed by atoms with Crippen LogP contribution >= 0.6 is 0 Å². The molecule has 24 heavy (non-hydrogen) atoms. The number of H-pyrrole nitrogens is 1. The summed E-state index contributed by atoms with van der Waals surface area (Å²) < 4.78 is 0. The Bertz CT molecular complexity index is 874. The van der Waals surface area contributed by atoms with Crippen molar-refractivity contribution in [2.45, 2.75) is 26.2 Å². The smallest absolute Gasteiger partial charge is 0.342 e. The quantitative estimate of drug-likeness (QED) is 0.682. The number of aromatic nitrogens is 1. The lowest BCUT2D eigenvalue weighted by Crippen LogP contribution is -2.24. The molecule has 7 heteroatoms. The zero-order valence-electron chi connectivity index (χ0n) is 13.5. The van der Waals surface area contributed by atoms with Crippen LogP contribution in [0.4, 0.5) is 5.82 Å². The van der Waals surface area contributed by atoms with Crippen molar-refractivity contribution in [1.29, 1.82) is 0 Å². The van der Waals surface area contributed by atoms with Crippen molar-refractivity contribution in [3.8, 4) is 11.1 Å². The molecule has 0 atom stereocenters. The van der Waals surface area contributed by atoms with E-state index < -0.39 is 28.6 Å². The molecule has 0 amide bonds. The molecule has 0 saturated carbocycles. The number of nitrogen functional groups attached to an aromatic ring is 1. The fourth-order valence-electron chi connectivity index (χ4n) is 2.47. The summed E-state index contributed by atoms with van der Waals surface area (Å²) in [7, 11) is 0. The summed E-state index contributed by atoms with van der Waals surface area (Å²) in [4.78, 5) is 37.1. The number of nitrogens with two attached hydrogens (primary N) is 1. The van der Waals surface area contributed by atoms with E-state index in [0.29, 0.717) is 5.56 Å². The van der Waals surface area contributed by atoms with Crippen molar-refractivity contribution in [2.75, 3.05) is 5.73 Å². The van der Waals surface area contributed by atoms with Gasteiger partial charge in [-0.2, -0.15) is 0 Å². The lowest BCUT2D eigenvalue weighted by atomic mass is 9.85. The van der Waals surface area contributed by atoms with Crippen molar-refractivity contribution < 1.29 is 19.8 Å². The number of hydrogen-bond donors (Lipinski definition) is 4. The predicted molar refractivity (Wildman–Crippen MR) is 89.5 cm³/mol. The topological polar surface area (TPSA) is 133 Å². The average Bonchev–Trinajstić information content (AvgIpc) is 2.44. The van der Waals surface area contributed by atoms with Gasteiger partial charge >= 0.3 is 11.9 Å². The Hall–Kier alpha value is -3.09. The lowest BCUT2D eigenvalue weighted by Gasteiger charge is -2.19. The number of pyridine rings is 1. The molecule has 126 valence electrons. The molecule has 0 saturated heterocycles. The summed E-state index contributed by atoms with van der Waals surface area (Å²) in [5.41, 5.74) is 4.53. The second-order valence-corrected chi connectivity index (χ2v) is 6.43. The largest absolute Gasteiger partial charge is 0.478 e. The van der Waals surface area contributed by atoms with Gasteiger partial charge in [0, 0.05) is 5.56 Å². The Morgan fingerprint density at radius 3 is 1.92 bits per heavy atom. The first-order valence-corrected chi connectivity index (χ1v) is 7.17. The van der Waals surface area contributed by atoms with E-state index in [9.17, 15) is 24.6 Å². The van der Waals surface area contributed by atoms with E-state index in [4.69, 9.17) is 5.73 Å². The number of nitrogens with one attached hydrogen (secondary N) is 1. The Morgan fingerprint density at radius 1 is 1.00 bits per heavy atom. The second kappa shape index (κ2) is 5.84. The van der Waals surface area contributed by atoms with Gasteiger partial charge in [0.25, 0.3) is 5.56 Å². The van der Waals surface area contributed by atoms with E-state index in [0.717, 1.165) is 5.56 Å². The van der Waals surface area contributed by atoms with Crippen LogP contribution in [0.3, 0.4) is 0 Å². The molecule has 2 rings (SSSR count). The van der Waals surface area contributed by atoms with Crippen molar-refractivity contribution in [3.63, 3.8) is 0 Å². The zero-order valence-corrected chi connectivity index (χ0v) is 13.5. The highest BCUT2D eigenvalue weighted by atomic mass is 16.4. The zero-order chi connectivity index (χ0) is 18.2. The van der Waals surface area contributed by atoms with Gasteiger partial charge < -0.3 is 20.9 Å². The van der Waals surface area contributed by atoms with Gasteiger partial charge in [-0.25, -0.2) is 9.59 Å². The highest BCUT2D eigenvalue weighted by molar-refractivity contribution is 6.07. The number of benzene rings is 1. The van der Waals surface area contributed by atoms with Gasteiger partial charge in [-0.15, -0.1) is 0 Å². The molecule has 1 heterocycles. The highest BCUT2D eigenvalue weighted by Crippen LogP contribution is 2.31. The number of carboxylic acid groups (broad SMARTS) is 2. The maximum Gasteiger partial charge on any atom is 0.342 e. The molecule has 7 nitrogen and oxygen atoms in total. The molecule has 0 aliphatic heterocycles. The third-order valence-electron chi connectivity index (χ3n) is 3.71. The fraction of sp³-hybridized carbons (Fsp3) is 0.235. The third kappa shape index (κ3) is 3.01. The number of aromatic carboxylic acids is 2. The Morgan fingerprint density at radius 2 is 1.50 bits per heavy atom. The molecule has 0 bridgehead atoms. The molecule has 0 fully saturated rings. The number of aromatic amines is 1. The molecular formula is C17H18N2O5. The van der Waals surface area contributed by atoms with Crippen LogP contribution in [-0.2, 0) is 5.41 Å². The molecule has 1 aromatic carbocycles. The van der Waals surface area contributed by atoms with Crippen molar-refractivity contribution >= 4 is 17.8 Å². The van der Waals surface area contributed by atoms with Crippen LogP contribution in [-0.4, -0.2) is 27.1 Å². The van der Waals surface area contributed by atoms with Crippen LogP contribution in [0.1, 0.15) is 47.1 Å². The number of carbonyl (C=O) groups is 2. The number of carboxylic acids is 2. The molecule has 0 radical (unpaired) electrons. The van der Waals surface area contributed by atoms with E-state index in [1.165, 1.54) is 0 Å². The first-order chi connectivity index (χ1) is 11.0. The molecule has 1 aromatic heterocycles. The van der Waals surface area contributed by atoms with E-state index in [1.54, 1.807) is 24.3 Å². The maximum atomic E-state index is 12.0. The number of anilines is 1. The normalized spacial score (nSPS) is 11.3. The lowest BCUT2D eigenvalue weighted by molar-refractivity contribution is 0.0695. The summed E-state index contributed by atoms with van der Waals surface area (Å²) in [6.07, 6.45) is 0. The molecular weight excluding hydrogens is 312 g/mol. The van der Waals surface area contributed by atoms with E-state index in [-0.39, 0.29) is 16.8 Å². The van der Waals surface area contributed by atoms with Gasteiger partial charge in [-0.1, -0.05) is 45.0 Å². The third-order valence-corrected chi connectivity index (χ3v) is 3.71. The number of rotatable bonds is 3. The Kier molecular flexibility index (Phi) is 4.20. The Labute approximate surface area is 137 Å². The van der Waals surface area contributed by atoms with E-state index in [1.807, 2.05) is 20.8 Å². The van der Waals surface area contributed by atoms with E-state index >= 15 is 0 Å². The maximum absolute atomic E-state index is 12.0. The standard InChI is InChI=1S/C17H18N2O5/c1-17(2,3)9-6-4-8(5-7-9)10-11(15(21)22)13(18)19-14(20)12(10)16(23)24/h4-7H,1-3H3,(H,21,22)(H,23,24)(H3,18,19,20). The summed E-state index contributed by atoms with van der Waals surface area (Å²) in [6, 6.07) is 6.72. The molecule has 0 unspecified atom stereocenters. The Balaban J connectivity index is 2.84. The van der Waals surface area contributed by atoms with Crippen molar-refractivity contribution in [3.05, 3.63) is 51.3 Å². The van der Waals surface area contributed by atoms with Crippen molar-refractivity contribution in [1.82, 2.24) is 4.98 Å². The van der Waals surface area contributed by atoms with Crippen LogP contribution < -0.4 is 11.3 Å². The average molecular weight is 330 g/mol. The molecule has 0 aliphatic rings. The van der Waals surface area contributed by atoms with Crippen LogP contribution in [0.2, 0.25) is 0 Å². The number of hydrogen-bond acceptors (Lipinski definition) is 4. The highest BCUT2D eigenvalue weighted by Gasteiger charge is 2.26. The summed E-state index contributed by atoms with van der Waals surface area (Å²) >= 11 is 0. The van der Waals surface area contributed by atoms with Gasteiger partial charge in [-0.05, 0) is 16.5 Å². The van der Waals surface area contributed by atoms with Crippen LogP contribution in [0, 0.1) is 0 Å². The van der Waals surface area contributed by atoms with Gasteiger partial charge in [0.1, 0.15) is 16.9 Å². The summed E-state index contributed by atoms with van der Waals surface area (Å²) in [5.74, 6) is -3.32. The monoisotopic (exact) mass is 330 g/mol. The van der Waals surface area contributed by atoms with Crippen LogP contribution in [0.25, 0.3) is 11.1 Å². The summed E-state index contributed by atoms with van der Waals surface area (Å²) in [5, 5.41) is 18.7. The molecule has 2 aromatic rings. The minimum Gasteiger partial charge on any atom is -0.478 e. The molecule has 5 N–H and O–H groups in total. The molecule has 0 spiro atoms. The van der Waals surface area contributed by atoms with Crippen LogP contribution in [0.15, 0.2) is 29.1 Å². The minimum atomic E-state index is -1.52.